The quantitative estimate of drug-likeness (QED) is 0.554. The van der Waals surface area contributed by atoms with Crippen LogP contribution in [0.25, 0.3) is 0 Å². The van der Waals surface area contributed by atoms with Crippen LogP contribution < -0.4 is 0 Å². The second kappa shape index (κ2) is 9.16. The summed E-state index contributed by atoms with van der Waals surface area (Å²) in [5.74, 6) is 0.608. The van der Waals surface area contributed by atoms with Gasteiger partial charge in [0.25, 0.3) is 0 Å². The van der Waals surface area contributed by atoms with E-state index in [2.05, 4.69) is 20.3 Å². The Balaban J connectivity index is 4.23. The Bertz CT molecular complexity index is 145. The molecule has 0 heterocycles. The van der Waals surface area contributed by atoms with Crippen molar-refractivity contribution in [3.05, 3.63) is 6.42 Å². The molecule has 0 amide bonds. The van der Waals surface area contributed by atoms with Crippen molar-refractivity contribution in [2.24, 2.45) is 5.92 Å². The second-order valence-electron chi connectivity index (χ2n) is 4.00. The van der Waals surface area contributed by atoms with Gasteiger partial charge in [-0.1, -0.05) is 13.8 Å². The van der Waals surface area contributed by atoms with Crippen molar-refractivity contribution < 1.29 is 13.3 Å². The molecule has 0 spiro atoms. The highest BCUT2D eigenvalue weighted by Gasteiger charge is 2.39. The number of hydrogen-bond donors (Lipinski definition) is 0. The molecule has 0 aliphatic carbocycles. The molecule has 0 aliphatic rings. The van der Waals surface area contributed by atoms with Gasteiger partial charge in [0.1, 0.15) is 0 Å². The molecule has 0 atom stereocenters. The SMILES string of the molecule is CCO[Si](CC[CH]C(C)C)(OCC)OCC. The summed E-state index contributed by atoms with van der Waals surface area (Å²) in [6, 6.07) is 0.890. The third-order valence-electron chi connectivity index (χ3n) is 2.18. The molecule has 0 aromatic heterocycles. The van der Waals surface area contributed by atoms with E-state index in [-0.39, 0.29) is 0 Å². The van der Waals surface area contributed by atoms with E-state index < -0.39 is 8.80 Å². The van der Waals surface area contributed by atoms with Gasteiger partial charge >= 0.3 is 8.80 Å². The molecule has 0 aromatic rings. The summed E-state index contributed by atoms with van der Waals surface area (Å²) in [7, 11) is -2.39. The third kappa shape index (κ3) is 6.63. The highest BCUT2D eigenvalue weighted by molar-refractivity contribution is 6.60. The average Bonchev–Trinajstić information content (AvgIpc) is 2.18. The Morgan fingerprint density at radius 3 is 1.69 bits per heavy atom. The predicted molar refractivity (Wildman–Crippen MR) is 69.2 cm³/mol. The average molecular weight is 247 g/mol. The molecule has 16 heavy (non-hydrogen) atoms. The van der Waals surface area contributed by atoms with Crippen molar-refractivity contribution in [3.8, 4) is 0 Å². The van der Waals surface area contributed by atoms with Gasteiger partial charge in [0.05, 0.1) is 0 Å². The van der Waals surface area contributed by atoms with Crippen molar-refractivity contribution in [1.82, 2.24) is 0 Å². The Morgan fingerprint density at radius 2 is 1.38 bits per heavy atom. The van der Waals surface area contributed by atoms with Gasteiger partial charge in [-0.3, -0.25) is 0 Å². The highest BCUT2D eigenvalue weighted by Crippen LogP contribution is 2.20. The summed E-state index contributed by atoms with van der Waals surface area (Å²) in [6.07, 6.45) is 3.29. The van der Waals surface area contributed by atoms with Crippen molar-refractivity contribution >= 4 is 8.80 Å². The van der Waals surface area contributed by atoms with E-state index in [4.69, 9.17) is 13.3 Å². The maximum Gasteiger partial charge on any atom is 0.500 e. The minimum absolute atomic E-state index is 0.608. The van der Waals surface area contributed by atoms with Crippen LogP contribution >= 0.6 is 0 Å². The van der Waals surface area contributed by atoms with Crippen molar-refractivity contribution in [1.29, 1.82) is 0 Å². The van der Waals surface area contributed by atoms with Crippen LogP contribution in [0.15, 0.2) is 0 Å². The fourth-order valence-corrected chi connectivity index (χ4v) is 4.12. The molecular weight excluding hydrogens is 220 g/mol. The van der Waals surface area contributed by atoms with Gasteiger partial charge in [-0.15, -0.1) is 0 Å². The highest BCUT2D eigenvalue weighted by atomic mass is 28.4. The van der Waals surface area contributed by atoms with E-state index in [1.807, 2.05) is 20.8 Å². The van der Waals surface area contributed by atoms with Crippen molar-refractivity contribution in [2.75, 3.05) is 19.8 Å². The van der Waals surface area contributed by atoms with Gasteiger partial charge < -0.3 is 13.3 Å². The molecular formula is C12H27O3Si. The Hall–Kier alpha value is 0.0969. The molecule has 0 aliphatic heterocycles. The van der Waals surface area contributed by atoms with Gasteiger partial charge in [0.15, 0.2) is 0 Å². The van der Waals surface area contributed by atoms with Crippen molar-refractivity contribution in [3.63, 3.8) is 0 Å². The van der Waals surface area contributed by atoms with E-state index in [0.29, 0.717) is 25.7 Å². The van der Waals surface area contributed by atoms with E-state index in [0.717, 1.165) is 12.5 Å². The topological polar surface area (TPSA) is 27.7 Å². The summed E-state index contributed by atoms with van der Waals surface area (Å²) < 4.78 is 17.3. The lowest BCUT2D eigenvalue weighted by Crippen LogP contribution is -2.45. The van der Waals surface area contributed by atoms with Crippen LogP contribution in [0.5, 0.6) is 0 Å². The molecule has 0 fully saturated rings. The van der Waals surface area contributed by atoms with Crippen molar-refractivity contribution in [2.45, 2.75) is 47.1 Å². The standard InChI is InChI=1S/C12H27O3Si/c1-6-13-16(14-7-2,15-8-3)11-9-10-12(4)5/h10,12H,6-9,11H2,1-5H3. The molecule has 0 aromatic carbocycles. The monoisotopic (exact) mass is 247 g/mol. The summed E-state index contributed by atoms with van der Waals surface area (Å²) in [4.78, 5) is 0. The molecule has 97 valence electrons. The minimum atomic E-state index is -2.39. The first-order valence-electron chi connectivity index (χ1n) is 6.35. The predicted octanol–water partition coefficient (Wildman–Crippen LogP) is 3.29. The van der Waals surface area contributed by atoms with Gasteiger partial charge in [-0.2, -0.15) is 0 Å². The summed E-state index contributed by atoms with van der Waals surface area (Å²) in [5.41, 5.74) is 0. The molecule has 3 nitrogen and oxygen atoms in total. The summed E-state index contributed by atoms with van der Waals surface area (Å²) in [5, 5.41) is 0. The summed E-state index contributed by atoms with van der Waals surface area (Å²) >= 11 is 0. The third-order valence-corrected chi connectivity index (χ3v) is 5.27. The molecule has 0 saturated carbocycles. The lowest BCUT2D eigenvalue weighted by atomic mass is 10.1. The second-order valence-corrected chi connectivity index (χ2v) is 6.73. The molecule has 4 heteroatoms. The van der Waals surface area contributed by atoms with Crippen LogP contribution in [-0.4, -0.2) is 28.6 Å². The van der Waals surface area contributed by atoms with Gasteiger partial charge in [-0.25, -0.2) is 0 Å². The lowest BCUT2D eigenvalue weighted by molar-refractivity contribution is 0.0712. The van der Waals surface area contributed by atoms with Crippen LogP contribution in [0, 0.1) is 12.3 Å². The van der Waals surface area contributed by atoms with Crippen LogP contribution in [0.3, 0.4) is 0 Å². The Labute approximate surface area is 102 Å². The van der Waals surface area contributed by atoms with E-state index in [1.54, 1.807) is 0 Å². The molecule has 0 bridgehead atoms. The molecule has 0 N–H and O–H groups in total. The number of hydrogen-bond acceptors (Lipinski definition) is 3. The fraction of sp³-hybridized carbons (Fsp3) is 0.917. The molecule has 0 rings (SSSR count). The van der Waals surface area contributed by atoms with Gasteiger partial charge in [0.2, 0.25) is 0 Å². The van der Waals surface area contributed by atoms with E-state index >= 15 is 0 Å². The summed E-state index contributed by atoms with van der Waals surface area (Å²) in [6.45, 7) is 12.3. The van der Waals surface area contributed by atoms with Crippen LogP contribution in [0.1, 0.15) is 41.0 Å². The zero-order valence-corrected chi connectivity index (χ0v) is 12.4. The Kier molecular flexibility index (Phi) is 9.22. The van der Waals surface area contributed by atoms with Crippen LogP contribution in [-0.2, 0) is 13.3 Å². The first-order chi connectivity index (χ1) is 7.60. The van der Waals surface area contributed by atoms with E-state index in [1.165, 1.54) is 0 Å². The zero-order chi connectivity index (χ0) is 12.4. The fourth-order valence-electron chi connectivity index (χ4n) is 1.59. The number of rotatable bonds is 10. The first kappa shape index (κ1) is 16.1. The molecule has 1 radical (unpaired) electrons. The van der Waals surface area contributed by atoms with Crippen LogP contribution in [0.4, 0.5) is 0 Å². The molecule has 0 unspecified atom stereocenters. The molecule has 0 saturated heterocycles. The maximum atomic E-state index is 5.77. The smallest absolute Gasteiger partial charge is 0.374 e. The normalized spacial score (nSPS) is 12.4. The zero-order valence-electron chi connectivity index (χ0n) is 11.4. The van der Waals surface area contributed by atoms with Gasteiger partial charge in [-0.05, 0) is 39.5 Å². The first-order valence-corrected chi connectivity index (χ1v) is 8.28. The van der Waals surface area contributed by atoms with E-state index in [9.17, 15) is 0 Å². The maximum absolute atomic E-state index is 5.77. The Morgan fingerprint density at radius 1 is 0.938 bits per heavy atom. The van der Waals surface area contributed by atoms with Gasteiger partial charge in [0, 0.05) is 25.9 Å². The lowest BCUT2D eigenvalue weighted by Gasteiger charge is -2.28. The largest absolute Gasteiger partial charge is 0.500 e. The van der Waals surface area contributed by atoms with Crippen LogP contribution in [0.2, 0.25) is 6.04 Å². The minimum Gasteiger partial charge on any atom is -0.374 e.